The van der Waals surface area contributed by atoms with Crippen LogP contribution in [0, 0.1) is 39.3 Å². The first-order valence-corrected chi connectivity index (χ1v) is 9.59. The maximum absolute atomic E-state index is 14.6. The second-order valence-corrected chi connectivity index (χ2v) is 7.39. The van der Waals surface area contributed by atoms with Crippen LogP contribution < -0.4 is 21.9 Å². The van der Waals surface area contributed by atoms with Crippen LogP contribution in [0.4, 0.5) is 26.1 Å². The number of benzene rings is 2. The minimum atomic E-state index is -0.402. The minimum absolute atomic E-state index is 0.0158. The van der Waals surface area contributed by atoms with E-state index in [1.54, 1.807) is 52.0 Å². The fraction of sp³-hybridized carbons (Fsp3) is 0.227. The van der Waals surface area contributed by atoms with Crippen LogP contribution in [0.25, 0.3) is 0 Å². The van der Waals surface area contributed by atoms with E-state index in [2.05, 4.69) is 25.6 Å². The Kier molecular flexibility index (Phi) is 6.33. The van der Waals surface area contributed by atoms with Crippen LogP contribution in [0.1, 0.15) is 27.8 Å². The molecule has 3 aromatic rings. The van der Waals surface area contributed by atoms with Gasteiger partial charge < -0.3 is 16.4 Å². The summed E-state index contributed by atoms with van der Waals surface area (Å²) in [5.74, 6) is -0.349. The molecule has 0 bridgehead atoms. The van der Waals surface area contributed by atoms with E-state index in [9.17, 15) is 13.6 Å². The third-order valence-electron chi connectivity index (χ3n) is 4.70. The van der Waals surface area contributed by atoms with Gasteiger partial charge in [0.15, 0.2) is 5.96 Å². The minimum Gasteiger partial charge on any atom is -0.370 e. The largest absolute Gasteiger partial charge is 0.370 e. The van der Waals surface area contributed by atoms with Gasteiger partial charge >= 0.3 is 0 Å². The number of H-pyrrole nitrogens is 1. The van der Waals surface area contributed by atoms with Crippen LogP contribution >= 0.6 is 0 Å². The molecule has 7 nitrogen and oxygen atoms in total. The first-order valence-electron chi connectivity index (χ1n) is 9.59. The molecule has 0 aliphatic carbocycles. The Morgan fingerprint density at radius 2 is 1.61 bits per heavy atom. The summed E-state index contributed by atoms with van der Waals surface area (Å²) < 4.78 is 28.4. The van der Waals surface area contributed by atoms with Gasteiger partial charge in [-0.1, -0.05) is 0 Å². The number of halogens is 2. The van der Waals surface area contributed by atoms with Crippen molar-refractivity contribution in [2.45, 2.75) is 34.2 Å². The second-order valence-electron chi connectivity index (χ2n) is 7.39. The standard InChI is InChI=1S/C22H24F2N6O/c1-11-5-16(6-12(2)18(11)23)28-21(25)26-10-15-8-17(7-13(3)19(15)24)29-22-27-9-14(4)20(31)30-22/h5-9H,10H2,1-4H3,(H3,25,26,28)(H2,27,29,30,31). The Labute approximate surface area is 178 Å². The van der Waals surface area contributed by atoms with Crippen molar-refractivity contribution in [3.63, 3.8) is 0 Å². The van der Waals surface area contributed by atoms with E-state index < -0.39 is 5.82 Å². The Hall–Kier alpha value is -3.75. The van der Waals surface area contributed by atoms with Crippen LogP contribution in [0.2, 0.25) is 0 Å². The number of rotatable bonds is 5. The maximum atomic E-state index is 14.6. The molecule has 0 saturated carbocycles. The summed E-state index contributed by atoms with van der Waals surface area (Å²) in [5.41, 5.74) is 8.99. The summed E-state index contributed by atoms with van der Waals surface area (Å²) >= 11 is 0. The molecule has 0 aliphatic rings. The molecule has 1 heterocycles. The molecule has 0 atom stereocenters. The molecule has 9 heteroatoms. The van der Waals surface area contributed by atoms with Crippen LogP contribution in [0.15, 0.2) is 40.2 Å². The molecule has 0 radical (unpaired) electrons. The lowest BCUT2D eigenvalue weighted by Crippen LogP contribution is -2.23. The van der Waals surface area contributed by atoms with E-state index >= 15 is 0 Å². The van der Waals surface area contributed by atoms with E-state index in [1.165, 1.54) is 6.20 Å². The molecule has 2 aromatic carbocycles. The summed E-state index contributed by atoms with van der Waals surface area (Å²) in [5, 5.41) is 5.86. The molecule has 0 unspecified atom stereocenters. The fourth-order valence-electron chi connectivity index (χ4n) is 3.06. The summed E-state index contributed by atoms with van der Waals surface area (Å²) in [6.07, 6.45) is 1.45. The van der Waals surface area contributed by atoms with E-state index in [0.717, 1.165) is 0 Å². The van der Waals surface area contributed by atoms with E-state index in [4.69, 9.17) is 5.73 Å². The van der Waals surface area contributed by atoms with Crippen LogP contribution in [0.5, 0.6) is 0 Å². The molecule has 0 fully saturated rings. The van der Waals surface area contributed by atoms with Gasteiger partial charge in [0.05, 0.1) is 6.54 Å². The summed E-state index contributed by atoms with van der Waals surface area (Å²) in [6.45, 7) is 6.59. The van der Waals surface area contributed by atoms with Crippen molar-refractivity contribution in [2.24, 2.45) is 10.7 Å². The Balaban J connectivity index is 1.79. The SMILES string of the molecule is Cc1cc(NC(N)=NCc2cc(Nc3ncc(C)c(=O)[nH]3)cc(C)c2F)cc(C)c1F. The molecule has 0 spiro atoms. The normalized spacial score (nSPS) is 11.5. The maximum Gasteiger partial charge on any atom is 0.255 e. The molecule has 162 valence electrons. The third-order valence-corrected chi connectivity index (χ3v) is 4.70. The predicted octanol–water partition coefficient (Wildman–Crippen LogP) is 3.95. The van der Waals surface area contributed by atoms with E-state index in [-0.39, 0.29) is 29.8 Å². The zero-order valence-electron chi connectivity index (χ0n) is 17.7. The summed E-state index contributed by atoms with van der Waals surface area (Å²) in [4.78, 5) is 22.7. The Morgan fingerprint density at radius 1 is 1.00 bits per heavy atom. The van der Waals surface area contributed by atoms with Gasteiger partial charge in [0, 0.05) is 28.7 Å². The number of nitrogens with one attached hydrogen (secondary N) is 3. The van der Waals surface area contributed by atoms with Crippen LogP contribution in [-0.4, -0.2) is 15.9 Å². The Morgan fingerprint density at radius 3 is 2.26 bits per heavy atom. The van der Waals surface area contributed by atoms with Crippen LogP contribution in [0.3, 0.4) is 0 Å². The highest BCUT2D eigenvalue weighted by Gasteiger charge is 2.10. The van der Waals surface area contributed by atoms with Crippen molar-refractivity contribution in [1.82, 2.24) is 9.97 Å². The first-order chi connectivity index (χ1) is 14.6. The zero-order chi connectivity index (χ0) is 22.7. The van der Waals surface area contributed by atoms with E-state index in [1.807, 2.05) is 0 Å². The number of nitrogens with two attached hydrogens (primary N) is 1. The van der Waals surface area contributed by atoms with Gasteiger partial charge in [0.1, 0.15) is 11.6 Å². The van der Waals surface area contributed by atoms with Gasteiger partial charge in [-0.25, -0.2) is 18.8 Å². The van der Waals surface area contributed by atoms with Crippen molar-refractivity contribution in [3.8, 4) is 0 Å². The monoisotopic (exact) mass is 426 g/mol. The molecule has 1 aromatic heterocycles. The fourth-order valence-corrected chi connectivity index (χ4v) is 3.06. The highest BCUT2D eigenvalue weighted by molar-refractivity contribution is 5.92. The van der Waals surface area contributed by atoms with Gasteiger partial charge in [-0.2, -0.15) is 0 Å². The molecule has 31 heavy (non-hydrogen) atoms. The van der Waals surface area contributed by atoms with Crippen molar-refractivity contribution in [2.75, 3.05) is 10.6 Å². The number of aromatic amines is 1. The topological polar surface area (TPSA) is 108 Å². The quantitative estimate of drug-likeness (QED) is 0.365. The number of hydrogen-bond donors (Lipinski definition) is 4. The number of hydrogen-bond acceptors (Lipinski definition) is 4. The highest BCUT2D eigenvalue weighted by atomic mass is 19.1. The Bertz CT molecular complexity index is 1200. The highest BCUT2D eigenvalue weighted by Crippen LogP contribution is 2.22. The average molecular weight is 426 g/mol. The van der Waals surface area contributed by atoms with Crippen molar-refractivity contribution in [3.05, 3.63) is 80.3 Å². The number of guanidine groups is 1. The summed E-state index contributed by atoms with van der Waals surface area (Å²) in [7, 11) is 0. The molecule has 5 N–H and O–H groups in total. The lowest BCUT2D eigenvalue weighted by molar-refractivity contribution is 0.602. The third kappa shape index (κ3) is 5.25. The molecule has 0 saturated heterocycles. The molecule has 0 amide bonds. The number of aromatic nitrogens is 2. The second kappa shape index (κ2) is 8.95. The van der Waals surface area contributed by atoms with Gasteiger partial charge in [-0.3, -0.25) is 9.78 Å². The lowest BCUT2D eigenvalue weighted by Gasteiger charge is -2.11. The van der Waals surface area contributed by atoms with Crippen LogP contribution in [-0.2, 0) is 6.54 Å². The number of aliphatic imine (C=N–C) groups is 1. The van der Waals surface area contributed by atoms with Crippen molar-refractivity contribution < 1.29 is 8.78 Å². The number of nitrogens with zero attached hydrogens (tertiary/aromatic N) is 2. The number of aryl methyl sites for hydroxylation is 4. The molecular weight excluding hydrogens is 402 g/mol. The van der Waals surface area contributed by atoms with Gasteiger partial charge in [0.2, 0.25) is 5.95 Å². The van der Waals surface area contributed by atoms with E-state index in [0.29, 0.717) is 39.2 Å². The van der Waals surface area contributed by atoms with Crippen molar-refractivity contribution in [1.29, 1.82) is 0 Å². The summed E-state index contributed by atoms with van der Waals surface area (Å²) in [6, 6.07) is 6.42. The van der Waals surface area contributed by atoms with Gasteiger partial charge in [-0.05, 0) is 68.7 Å². The van der Waals surface area contributed by atoms with Crippen molar-refractivity contribution >= 4 is 23.3 Å². The molecular formula is C22H24F2N6O. The lowest BCUT2D eigenvalue weighted by atomic mass is 10.1. The molecule has 0 aliphatic heterocycles. The average Bonchev–Trinajstić information content (AvgIpc) is 2.70. The van der Waals surface area contributed by atoms with Gasteiger partial charge in [0.25, 0.3) is 5.56 Å². The predicted molar refractivity (Wildman–Crippen MR) is 119 cm³/mol. The number of anilines is 3. The molecule has 3 rings (SSSR count). The van der Waals surface area contributed by atoms with Gasteiger partial charge in [-0.15, -0.1) is 0 Å². The first kappa shape index (κ1) is 21.9. The zero-order valence-corrected chi connectivity index (χ0v) is 17.7. The smallest absolute Gasteiger partial charge is 0.255 e.